The Hall–Kier alpha value is -1.54. The van der Waals surface area contributed by atoms with E-state index in [0.717, 1.165) is 6.42 Å². The molecule has 0 spiro atoms. The Morgan fingerprint density at radius 1 is 1.18 bits per heavy atom. The molecule has 4 rings (SSSR count). The highest BCUT2D eigenvalue weighted by Gasteiger charge is 2.32. The molecule has 1 N–H and O–H groups in total. The average Bonchev–Trinajstić information content (AvgIpc) is 2.82. The Bertz CT molecular complexity index is 582. The summed E-state index contributed by atoms with van der Waals surface area (Å²) in [5.41, 5.74) is 7.45. The summed E-state index contributed by atoms with van der Waals surface area (Å²) < 4.78 is 0. The SMILES string of the molecule is CN1CCc2cccc3c2C1Cc1c[nH]cc1-3. The van der Waals surface area contributed by atoms with Crippen LogP contribution in [0.1, 0.15) is 22.7 Å². The Balaban J connectivity index is 2.03. The number of H-pyrrole nitrogens is 1. The Morgan fingerprint density at radius 2 is 2.12 bits per heavy atom. The third kappa shape index (κ3) is 1.19. The molecular formula is C15H16N2. The molecule has 17 heavy (non-hydrogen) atoms. The quantitative estimate of drug-likeness (QED) is 0.729. The van der Waals surface area contributed by atoms with Crippen LogP contribution in [0.5, 0.6) is 0 Å². The van der Waals surface area contributed by atoms with Gasteiger partial charge < -0.3 is 4.98 Å². The van der Waals surface area contributed by atoms with Crippen molar-refractivity contribution < 1.29 is 0 Å². The van der Waals surface area contributed by atoms with Crippen molar-refractivity contribution in [3.8, 4) is 11.1 Å². The van der Waals surface area contributed by atoms with E-state index in [2.05, 4.69) is 47.5 Å². The molecule has 2 aromatic rings. The molecule has 86 valence electrons. The van der Waals surface area contributed by atoms with E-state index in [-0.39, 0.29) is 0 Å². The lowest BCUT2D eigenvalue weighted by Gasteiger charge is -2.38. The van der Waals surface area contributed by atoms with Crippen LogP contribution in [0.25, 0.3) is 11.1 Å². The maximum absolute atomic E-state index is 3.26. The maximum atomic E-state index is 3.26. The number of fused-ring (bicyclic) bond motifs is 2. The van der Waals surface area contributed by atoms with Crippen LogP contribution in [-0.2, 0) is 12.8 Å². The average molecular weight is 224 g/mol. The minimum Gasteiger partial charge on any atom is -0.367 e. The summed E-state index contributed by atoms with van der Waals surface area (Å²) in [6, 6.07) is 7.37. The zero-order valence-electron chi connectivity index (χ0n) is 10.0. The Morgan fingerprint density at radius 3 is 3.06 bits per heavy atom. The van der Waals surface area contributed by atoms with Gasteiger partial charge in [0, 0.05) is 30.5 Å². The molecule has 2 nitrogen and oxygen atoms in total. The number of likely N-dealkylation sites (N-methyl/N-ethyl adjacent to an activating group) is 1. The van der Waals surface area contributed by atoms with Crippen LogP contribution in [0.2, 0.25) is 0 Å². The van der Waals surface area contributed by atoms with E-state index >= 15 is 0 Å². The molecule has 1 aliphatic carbocycles. The second-order valence-corrected chi connectivity index (χ2v) is 5.22. The maximum Gasteiger partial charge on any atom is 0.0395 e. The summed E-state index contributed by atoms with van der Waals surface area (Å²) in [7, 11) is 2.25. The minimum atomic E-state index is 0.582. The second kappa shape index (κ2) is 3.23. The van der Waals surface area contributed by atoms with Crippen molar-refractivity contribution in [1.82, 2.24) is 9.88 Å². The molecule has 0 saturated carbocycles. The largest absolute Gasteiger partial charge is 0.367 e. The van der Waals surface area contributed by atoms with Crippen molar-refractivity contribution in [3.63, 3.8) is 0 Å². The molecule has 0 saturated heterocycles. The highest BCUT2D eigenvalue weighted by atomic mass is 15.1. The summed E-state index contributed by atoms with van der Waals surface area (Å²) in [5.74, 6) is 0. The lowest BCUT2D eigenvalue weighted by molar-refractivity contribution is 0.228. The first-order valence-electron chi connectivity index (χ1n) is 6.32. The highest BCUT2D eigenvalue weighted by molar-refractivity contribution is 5.75. The third-order valence-electron chi connectivity index (χ3n) is 4.33. The lowest BCUT2D eigenvalue weighted by Crippen LogP contribution is -2.35. The first kappa shape index (κ1) is 9.49. The van der Waals surface area contributed by atoms with Crippen molar-refractivity contribution >= 4 is 0 Å². The van der Waals surface area contributed by atoms with Gasteiger partial charge in [0.15, 0.2) is 0 Å². The van der Waals surface area contributed by atoms with Gasteiger partial charge in [-0.15, -0.1) is 0 Å². The number of rotatable bonds is 0. The second-order valence-electron chi connectivity index (χ2n) is 5.22. The van der Waals surface area contributed by atoms with Crippen molar-refractivity contribution in [2.75, 3.05) is 13.6 Å². The predicted molar refractivity (Wildman–Crippen MR) is 69.0 cm³/mol. The summed E-state index contributed by atoms with van der Waals surface area (Å²) in [6.45, 7) is 1.18. The molecule has 1 atom stereocenters. The van der Waals surface area contributed by atoms with E-state index in [4.69, 9.17) is 0 Å². The first-order chi connectivity index (χ1) is 8.34. The van der Waals surface area contributed by atoms with Crippen LogP contribution in [0.4, 0.5) is 0 Å². The van der Waals surface area contributed by atoms with E-state index in [1.807, 2.05) is 0 Å². The number of aromatic nitrogens is 1. The number of nitrogens with one attached hydrogen (secondary N) is 1. The number of aromatic amines is 1. The summed E-state index contributed by atoms with van der Waals surface area (Å²) >= 11 is 0. The molecular weight excluding hydrogens is 208 g/mol. The molecule has 0 fully saturated rings. The number of benzene rings is 1. The Kier molecular flexibility index (Phi) is 1.80. The summed E-state index contributed by atoms with van der Waals surface area (Å²) in [4.78, 5) is 5.76. The van der Waals surface area contributed by atoms with E-state index < -0.39 is 0 Å². The predicted octanol–water partition coefficient (Wildman–Crippen LogP) is 2.77. The molecule has 1 aliphatic heterocycles. The Labute approximate surface area is 101 Å². The minimum absolute atomic E-state index is 0.582. The standard InChI is InChI=1S/C15H16N2/c1-17-6-5-10-3-2-4-12-13-9-16-8-11(13)7-14(17)15(10)12/h2-4,8-9,14,16H,5-7H2,1H3. The number of nitrogens with zero attached hydrogens (tertiary/aromatic N) is 1. The van der Waals surface area contributed by atoms with Crippen LogP contribution in [0, 0.1) is 0 Å². The number of hydrogen-bond donors (Lipinski definition) is 1. The van der Waals surface area contributed by atoms with Crippen LogP contribution >= 0.6 is 0 Å². The van der Waals surface area contributed by atoms with Crippen molar-refractivity contribution in [2.45, 2.75) is 18.9 Å². The summed E-state index contributed by atoms with van der Waals surface area (Å²) in [6.07, 6.45) is 6.65. The van der Waals surface area contributed by atoms with Gasteiger partial charge in [-0.05, 0) is 42.1 Å². The zero-order chi connectivity index (χ0) is 11.4. The molecule has 0 bridgehead atoms. The van der Waals surface area contributed by atoms with E-state index in [0.29, 0.717) is 6.04 Å². The molecule has 0 amide bonds. The topological polar surface area (TPSA) is 19.0 Å². The fraction of sp³-hybridized carbons (Fsp3) is 0.333. The van der Waals surface area contributed by atoms with Gasteiger partial charge in [0.2, 0.25) is 0 Å². The smallest absolute Gasteiger partial charge is 0.0395 e. The van der Waals surface area contributed by atoms with Crippen LogP contribution in [0.3, 0.4) is 0 Å². The normalized spacial score (nSPS) is 22.1. The van der Waals surface area contributed by atoms with Gasteiger partial charge in [-0.25, -0.2) is 0 Å². The highest BCUT2D eigenvalue weighted by Crippen LogP contribution is 2.44. The van der Waals surface area contributed by atoms with Crippen LogP contribution in [-0.4, -0.2) is 23.5 Å². The monoisotopic (exact) mass is 224 g/mol. The van der Waals surface area contributed by atoms with E-state index in [1.54, 1.807) is 11.1 Å². The van der Waals surface area contributed by atoms with Gasteiger partial charge in [-0.2, -0.15) is 0 Å². The van der Waals surface area contributed by atoms with Gasteiger partial charge in [0.05, 0.1) is 0 Å². The van der Waals surface area contributed by atoms with Crippen molar-refractivity contribution in [3.05, 3.63) is 47.3 Å². The molecule has 2 aliphatic rings. The fourth-order valence-corrected chi connectivity index (χ4v) is 3.41. The molecule has 2 heterocycles. The molecule has 2 heteroatoms. The van der Waals surface area contributed by atoms with E-state index in [9.17, 15) is 0 Å². The van der Waals surface area contributed by atoms with Gasteiger partial charge >= 0.3 is 0 Å². The fourth-order valence-electron chi connectivity index (χ4n) is 3.41. The number of hydrogen-bond acceptors (Lipinski definition) is 1. The first-order valence-corrected chi connectivity index (χ1v) is 6.32. The van der Waals surface area contributed by atoms with Gasteiger partial charge in [0.25, 0.3) is 0 Å². The van der Waals surface area contributed by atoms with Gasteiger partial charge in [-0.3, -0.25) is 4.90 Å². The lowest BCUT2D eigenvalue weighted by atomic mass is 9.79. The van der Waals surface area contributed by atoms with Crippen LogP contribution in [0.15, 0.2) is 30.6 Å². The third-order valence-corrected chi connectivity index (χ3v) is 4.33. The van der Waals surface area contributed by atoms with Gasteiger partial charge in [-0.1, -0.05) is 18.2 Å². The molecule has 0 radical (unpaired) electrons. The molecule has 1 aromatic carbocycles. The van der Waals surface area contributed by atoms with Gasteiger partial charge in [0.1, 0.15) is 0 Å². The van der Waals surface area contributed by atoms with Crippen molar-refractivity contribution in [1.29, 1.82) is 0 Å². The van der Waals surface area contributed by atoms with E-state index in [1.165, 1.54) is 29.7 Å². The zero-order valence-corrected chi connectivity index (χ0v) is 10.0. The molecule has 1 aromatic heterocycles. The molecule has 1 unspecified atom stereocenters. The van der Waals surface area contributed by atoms with Crippen LogP contribution < -0.4 is 0 Å². The van der Waals surface area contributed by atoms with Crippen molar-refractivity contribution in [2.24, 2.45) is 0 Å². The summed E-state index contributed by atoms with van der Waals surface area (Å²) in [5, 5.41) is 0.